The van der Waals surface area contributed by atoms with Crippen LogP contribution in [0.15, 0.2) is 58.5 Å². The van der Waals surface area contributed by atoms with Gasteiger partial charge in [-0.25, -0.2) is 4.98 Å². The maximum absolute atomic E-state index is 13.1. The molecule has 0 saturated carbocycles. The standard InChI is InChI=1S/C23H23ClN4O5S/c24-15-7-9-16(10-8-15)33-13-20(29)26-27-21(30)14-34-23-25-19-6-2-1-5-18(19)22(31)28(23)12-17-4-3-11-32-17/h1-2,5-10,17H,3-4,11-14H2,(H,26,29)(H,27,30). The number of carbonyl (C=O) groups excluding carboxylic acids is 2. The predicted molar refractivity (Wildman–Crippen MR) is 129 cm³/mol. The summed E-state index contributed by atoms with van der Waals surface area (Å²) in [6.07, 6.45) is 1.76. The number of ether oxygens (including phenoxy) is 2. The zero-order chi connectivity index (χ0) is 23.9. The molecule has 1 aliphatic rings. The van der Waals surface area contributed by atoms with Crippen LogP contribution in [0.2, 0.25) is 5.02 Å². The smallest absolute Gasteiger partial charge is 0.276 e. The highest BCUT2D eigenvalue weighted by atomic mass is 35.5. The fraction of sp³-hybridized carbons (Fsp3) is 0.304. The van der Waals surface area contributed by atoms with E-state index in [4.69, 9.17) is 21.1 Å². The number of halogens is 1. The Balaban J connectivity index is 1.34. The van der Waals surface area contributed by atoms with Crippen molar-refractivity contribution in [2.75, 3.05) is 19.0 Å². The molecular weight excluding hydrogens is 480 g/mol. The van der Waals surface area contributed by atoms with E-state index in [9.17, 15) is 14.4 Å². The van der Waals surface area contributed by atoms with Crippen LogP contribution in [0.25, 0.3) is 10.9 Å². The Labute approximate surface area is 204 Å². The molecule has 0 aliphatic carbocycles. The van der Waals surface area contributed by atoms with Crippen LogP contribution in [-0.2, 0) is 20.9 Å². The molecule has 0 radical (unpaired) electrons. The Kier molecular flexibility index (Phi) is 8.04. The lowest BCUT2D eigenvalue weighted by molar-refractivity contribution is -0.128. The summed E-state index contributed by atoms with van der Waals surface area (Å²) in [6.45, 7) is 0.772. The number of hydrazine groups is 1. The molecular formula is C23H23ClN4O5S. The highest BCUT2D eigenvalue weighted by molar-refractivity contribution is 7.99. The van der Waals surface area contributed by atoms with Gasteiger partial charge in [0.15, 0.2) is 11.8 Å². The van der Waals surface area contributed by atoms with Gasteiger partial charge in [-0.05, 0) is 49.2 Å². The second-order valence-electron chi connectivity index (χ2n) is 7.59. The van der Waals surface area contributed by atoms with Gasteiger partial charge in [-0.15, -0.1) is 0 Å². The number of carbonyl (C=O) groups is 2. The van der Waals surface area contributed by atoms with Gasteiger partial charge in [0.2, 0.25) is 5.91 Å². The van der Waals surface area contributed by atoms with Crippen molar-refractivity contribution < 1.29 is 19.1 Å². The SMILES string of the molecule is O=C(COc1ccc(Cl)cc1)NNC(=O)CSc1nc2ccccc2c(=O)n1CC1CCCO1. The molecule has 1 aliphatic heterocycles. The molecule has 2 N–H and O–H groups in total. The maximum atomic E-state index is 13.1. The zero-order valence-corrected chi connectivity index (χ0v) is 19.7. The maximum Gasteiger partial charge on any atom is 0.276 e. The van der Waals surface area contributed by atoms with Crippen LogP contribution in [0.4, 0.5) is 0 Å². The van der Waals surface area contributed by atoms with Gasteiger partial charge in [0.1, 0.15) is 5.75 Å². The lowest BCUT2D eigenvalue weighted by atomic mass is 10.2. The van der Waals surface area contributed by atoms with Gasteiger partial charge in [0.05, 0.1) is 29.3 Å². The van der Waals surface area contributed by atoms with Gasteiger partial charge in [-0.1, -0.05) is 35.5 Å². The van der Waals surface area contributed by atoms with E-state index < -0.39 is 11.8 Å². The minimum Gasteiger partial charge on any atom is -0.484 e. The molecule has 178 valence electrons. The third kappa shape index (κ3) is 6.28. The summed E-state index contributed by atoms with van der Waals surface area (Å²) in [5.41, 5.74) is 5.04. The van der Waals surface area contributed by atoms with Crippen molar-refractivity contribution in [2.24, 2.45) is 0 Å². The van der Waals surface area contributed by atoms with E-state index in [0.29, 0.717) is 40.0 Å². The first-order valence-corrected chi connectivity index (χ1v) is 12.1. The third-order valence-electron chi connectivity index (χ3n) is 5.09. The number of nitrogens with zero attached hydrogens (tertiary/aromatic N) is 2. The number of hydrogen-bond acceptors (Lipinski definition) is 7. The van der Waals surface area contributed by atoms with Crippen molar-refractivity contribution in [1.29, 1.82) is 0 Å². The lowest BCUT2D eigenvalue weighted by Gasteiger charge is -2.16. The summed E-state index contributed by atoms with van der Waals surface area (Å²) in [7, 11) is 0. The minimum absolute atomic E-state index is 0.0470. The average molecular weight is 503 g/mol. The molecule has 4 rings (SSSR count). The number of aromatic nitrogens is 2. The van der Waals surface area contributed by atoms with Gasteiger partial charge in [-0.2, -0.15) is 0 Å². The number of nitrogens with one attached hydrogen (secondary N) is 2. The van der Waals surface area contributed by atoms with Crippen molar-refractivity contribution in [3.05, 3.63) is 63.9 Å². The molecule has 34 heavy (non-hydrogen) atoms. The molecule has 3 aromatic rings. The Morgan fingerprint density at radius 3 is 2.68 bits per heavy atom. The van der Waals surface area contributed by atoms with Crippen LogP contribution in [-0.4, -0.2) is 46.4 Å². The number of hydrogen-bond donors (Lipinski definition) is 2. The predicted octanol–water partition coefficient (Wildman–Crippen LogP) is 2.55. The summed E-state index contributed by atoms with van der Waals surface area (Å²) < 4.78 is 12.6. The van der Waals surface area contributed by atoms with Gasteiger partial charge in [0.25, 0.3) is 11.5 Å². The summed E-state index contributed by atoms with van der Waals surface area (Å²) in [5, 5.41) is 1.50. The van der Waals surface area contributed by atoms with Gasteiger partial charge in [0, 0.05) is 11.6 Å². The summed E-state index contributed by atoms with van der Waals surface area (Å²) in [4.78, 5) is 41.9. The first kappa shape index (κ1) is 24.1. The van der Waals surface area contributed by atoms with Crippen LogP contribution in [0.5, 0.6) is 5.75 Å². The van der Waals surface area contributed by atoms with Crippen molar-refractivity contribution in [3.63, 3.8) is 0 Å². The van der Waals surface area contributed by atoms with Crippen LogP contribution in [0.3, 0.4) is 0 Å². The van der Waals surface area contributed by atoms with Gasteiger partial charge < -0.3 is 9.47 Å². The Bertz CT molecular complexity index is 1230. The van der Waals surface area contributed by atoms with Crippen LogP contribution < -0.4 is 21.1 Å². The number of fused-ring (bicyclic) bond motifs is 1. The fourth-order valence-corrected chi connectivity index (χ4v) is 4.37. The van der Waals surface area contributed by atoms with Crippen LogP contribution >= 0.6 is 23.4 Å². The molecule has 1 saturated heterocycles. The fourth-order valence-electron chi connectivity index (χ4n) is 3.43. The van der Waals surface area contributed by atoms with Crippen molar-refractivity contribution in [3.8, 4) is 5.75 Å². The highest BCUT2D eigenvalue weighted by Crippen LogP contribution is 2.21. The molecule has 1 fully saturated rings. The van der Waals surface area contributed by atoms with Gasteiger partial charge >= 0.3 is 0 Å². The van der Waals surface area contributed by atoms with Crippen molar-refractivity contribution in [2.45, 2.75) is 30.6 Å². The third-order valence-corrected chi connectivity index (χ3v) is 6.32. The second kappa shape index (κ2) is 11.4. The summed E-state index contributed by atoms with van der Waals surface area (Å²) >= 11 is 6.93. The second-order valence-corrected chi connectivity index (χ2v) is 8.97. The van der Waals surface area contributed by atoms with E-state index in [0.717, 1.165) is 24.6 Å². The van der Waals surface area contributed by atoms with Crippen LogP contribution in [0, 0.1) is 0 Å². The van der Waals surface area contributed by atoms with E-state index in [1.807, 2.05) is 6.07 Å². The van der Waals surface area contributed by atoms with Crippen LogP contribution in [0.1, 0.15) is 12.8 Å². The van der Waals surface area contributed by atoms with Crippen molar-refractivity contribution in [1.82, 2.24) is 20.4 Å². The van der Waals surface area contributed by atoms with Gasteiger partial charge in [-0.3, -0.25) is 29.8 Å². The monoisotopic (exact) mass is 502 g/mol. The van der Waals surface area contributed by atoms with E-state index in [1.165, 1.54) is 0 Å². The molecule has 1 aromatic heterocycles. The average Bonchev–Trinajstić information content (AvgIpc) is 3.36. The lowest BCUT2D eigenvalue weighted by Crippen LogP contribution is -2.44. The van der Waals surface area contributed by atoms with E-state index in [2.05, 4.69) is 15.8 Å². The number of thioether (sulfide) groups is 1. The number of benzene rings is 2. The quantitative estimate of drug-likeness (QED) is 0.276. The molecule has 2 amide bonds. The first-order valence-electron chi connectivity index (χ1n) is 10.7. The molecule has 0 bridgehead atoms. The minimum atomic E-state index is -0.521. The number of amides is 2. The summed E-state index contributed by atoms with van der Waals surface area (Å²) in [5.74, 6) is -0.536. The highest BCUT2D eigenvalue weighted by Gasteiger charge is 2.20. The van der Waals surface area contributed by atoms with E-state index >= 15 is 0 Å². The van der Waals surface area contributed by atoms with E-state index in [1.54, 1.807) is 47.0 Å². The largest absolute Gasteiger partial charge is 0.484 e. The molecule has 1 atom stereocenters. The van der Waals surface area contributed by atoms with Crippen molar-refractivity contribution >= 4 is 46.1 Å². The Hall–Kier alpha value is -3.08. The Morgan fingerprint density at radius 2 is 1.91 bits per heavy atom. The number of para-hydroxylation sites is 1. The summed E-state index contributed by atoms with van der Waals surface area (Å²) in [6, 6.07) is 13.7. The first-order chi connectivity index (χ1) is 16.5. The van der Waals surface area contributed by atoms with E-state index in [-0.39, 0.29) is 24.0 Å². The molecule has 11 heteroatoms. The molecule has 2 aromatic carbocycles. The molecule has 1 unspecified atom stereocenters. The normalized spacial score (nSPS) is 15.3. The molecule has 2 heterocycles. The molecule has 9 nitrogen and oxygen atoms in total. The Morgan fingerprint density at radius 1 is 1.15 bits per heavy atom. The zero-order valence-electron chi connectivity index (χ0n) is 18.2. The topological polar surface area (TPSA) is 112 Å². The number of rotatable bonds is 8. The molecule has 0 spiro atoms.